The van der Waals surface area contributed by atoms with Crippen LogP contribution < -0.4 is 10.6 Å². The Kier molecular flexibility index (Phi) is 27.9. The van der Waals surface area contributed by atoms with E-state index in [9.17, 15) is 24.6 Å². The minimum Gasteiger partial charge on any atom is -0.481 e. The third-order valence-corrected chi connectivity index (χ3v) is 22.9. The molecular weight excluding hydrogens is 1150 g/mol. The van der Waals surface area contributed by atoms with Gasteiger partial charge in [-0.1, -0.05) is 159 Å². The van der Waals surface area contributed by atoms with E-state index in [1.54, 1.807) is 0 Å². The number of aromatic amines is 1. The van der Waals surface area contributed by atoms with Crippen LogP contribution in [0.4, 0.5) is 5.82 Å². The normalized spacial score (nSPS) is 23.4. The molecule has 514 valence electrons. The maximum Gasteiger partial charge on any atom is 0.317 e. The standard InChI is InChI=1S/C75H128N4O10S/c1-26-73(24,25)68(86)87-35-31-33-74(27-2,28-3)66(84)78-63-49(43-88-61-51(69(12,13)14)37-47(10)38-52(61)70(15,16)17)59(45(6)7)55(76-63)41-56-60(46(8)9)50(44-89-62-53(71(18,19)20)39-48(11)40-54(62)72(21,22)23)64(77-56)79-67(85)75(29-4,30-5)34-32-36-90-57(65(82)83)42-58(80)81/h41,45-48,51-54,57,61-62,77H,26-40,42-44H2,1-25H3,(H,79,85)(H,80,81)(H,82,83)(H,76,78,84). The van der Waals surface area contributed by atoms with Crippen LogP contribution in [0, 0.1) is 79.3 Å². The molecule has 2 fully saturated rings. The molecule has 1 aromatic rings. The number of anilines is 1. The van der Waals surface area contributed by atoms with Crippen molar-refractivity contribution >= 4 is 59.2 Å². The van der Waals surface area contributed by atoms with Gasteiger partial charge in [0.25, 0.3) is 0 Å². The molecule has 5 unspecified atom stereocenters. The second kappa shape index (κ2) is 32.0. The molecule has 5 atom stereocenters. The van der Waals surface area contributed by atoms with E-state index in [0.29, 0.717) is 92.7 Å². The molecule has 2 aliphatic carbocycles. The summed E-state index contributed by atoms with van der Waals surface area (Å²) in [5, 5.41) is 25.1. The molecule has 3 aliphatic rings. The average Bonchev–Trinajstić information content (AvgIpc) is 1.57. The minimum absolute atomic E-state index is 0.0273. The fourth-order valence-corrected chi connectivity index (χ4v) is 16.0. The summed E-state index contributed by atoms with van der Waals surface area (Å²) in [6.45, 7) is 56.1. The number of allylic oxidation sites excluding steroid dienone is 1. The van der Waals surface area contributed by atoms with Crippen LogP contribution in [0.2, 0.25) is 0 Å². The van der Waals surface area contributed by atoms with Crippen molar-refractivity contribution in [2.45, 2.75) is 293 Å². The number of aliphatic carboxylic acids is 2. The molecule has 0 saturated heterocycles. The van der Waals surface area contributed by atoms with Crippen molar-refractivity contribution in [3.63, 3.8) is 0 Å². The molecule has 15 heteroatoms. The van der Waals surface area contributed by atoms with E-state index in [2.05, 4.69) is 160 Å². The van der Waals surface area contributed by atoms with Crippen LogP contribution in [0.15, 0.2) is 21.8 Å². The highest BCUT2D eigenvalue weighted by Gasteiger charge is 2.49. The maximum atomic E-state index is 15.3. The van der Waals surface area contributed by atoms with Gasteiger partial charge in [0.2, 0.25) is 11.8 Å². The van der Waals surface area contributed by atoms with Gasteiger partial charge in [0.05, 0.1) is 49.6 Å². The zero-order chi connectivity index (χ0) is 68.4. The van der Waals surface area contributed by atoms with E-state index < -0.39 is 39.9 Å². The lowest BCUT2D eigenvalue weighted by atomic mass is 9.59. The van der Waals surface area contributed by atoms with E-state index >= 15 is 9.59 Å². The second-order valence-electron chi connectivity index (χ2n) is 33.4. The van der Waals surface area contributed by atoms with Crippen LogP contribution >= 0.6 is 11.8 Å². The summed E-state index contributed by atoms with van der Waals surface area (Å²) >= 11 is 1.11. The number of H-pyrrole nitrogens is 1. The molecule has 1 aliphatic heterocycles. The lowest BCUT2D eigenvalue weighted by molar-refractivity contribution is -0.154. The van der Waals surface area contributed by atoms with Crippen LogP contribution in [0.25, 0.3) is 6.08 Å². The summed E-state index contributed by atoms with van der Waals surface area (Å²) in [7, 11) is 0. The molecular formula is C75H128N4O10S. The van der Waals surface area contributed by atoms with Crippen molar-refractivity contribution in [2.75, 3.05) is 24.3 Å². The first-order chi connectivity index (χ1) is 41.5. The molecule has 0 bridgehead atoms. The quantitative estimate of drug-likeness (QED) is 0.0362. The molecule has 0 spiro atoms. The summed E-state index contributed by atoms with van der Waals surface area (Å²) in [4.78, 5) is 76.5. The molecule has 0 radical (unpaired) electrons. The Bertz CT molecular complexity index is 2630. The van der Waals surface area contributed by atoms with Crippen molar-refractivity contribution in [1.29, 1.82) is 0 Å². The van der Waals surface area contributed by atoms with E-state index in [1.165, 1.54) is 0 Å². The number of hydrogen-bond donors (Lipinski definition) is 5. The highest BCUT2D eigenvalue weighted by atomic mass is 32.2. The first kappa shape index (κ1) is 78.5. The zero-order valence-corrected chi connectivity index (χ0v) is 62.0. The fraction of sp³-hybridized carbons (Fsp3) is 0.813. The number of aromatic nitrogens is 1. The number of esters is 1. The minimum atomic E-state index is -1.16. The van der Waals surface area contributed by atoms with Crippen molar-refractivity contribution in [1.82, 2.24) is 10.3 Å². The van der Waals surface area contributed by atoms with Gasteiger partial charge in [-0.25, -0.2) is 4.99 Å². The van der Waals surface area contributed by atoms with Gasteiger partial charge in [-0.3, -0.25) is 24.0 Å². The SMILES string of the molecule is CCC(C)(C)C(=O)OCCCC(CC)(CC)C(=O)NC1=NC(=Cc2[nH]c(NC(=O)C(CC)(CC)CCCSC(CC(=O)O)C(=O)O)c(COC3C(C(C)(C)C)CC(C)CC3C(C)(C)C)c2C(C)C)C(C(C)C)=C1COC1C(C(C)(C)C)CC(C)CC1C(C)(C)C. The van der Waals surface area contributed by atoms with E-state index in [0.717, 1.165) is 65.4 Å². The molecule has 2 amide bonds. The highest BCUT2D eigenvalue weighted by Crippen LogP contribution is 2.52. The molecule has 5 N–H and O–H groups in total. The number of nitrogens with zero attached hydrogens (tertiary/aromatic N) is 1. The summed E-state index contributed by atoms with van der Waals surface area (Å²) in [5.41, 5.74) is 2.89. The van der Waals surface area contributed by atoms with Crippen molar-refractivity contribution in [2.24, 2.45) is 84.3 Å². The largest absolute Gasteiger partial charge is 0.481 e. The Hall–Kier alpha value is -3.95. The number of rotatable bonds is 30. The van der Waals surface area contributed by atoms with Crippen LogP contribution in [0.1, 0.15) is 286 Å². The number of amidine groups is 1. The number of nitrogens with one attached hydrogen (secondary N) is 3. The predicted molar refractivity (Wildman–Crippen MR) is 371 cm³/mol. The number of aliphatic imine (C=N–C) groups is 1. The molecule has 1 aromatic heterocycles. The van der Waals surface area contributed by atoms with Crippen LogP contribution in [0.3, 0.4) is 0 Å². The number of carboxylic acid groups (broad SMARTS) is 2. The second-order valence-corrected chi connectivity index (χ2v) is 34.7. The van der Waals surface area contributed by atoms with Crippen LogP contribution in [0.5, 0.6) is 0 Å². The summed E-state index contributed by atoms with van der Waals surface area (Å²) in [5.74, 6) is 0.706. The Balaban J connectivity index is 2.02. The van der Waals surface area contributed by atoms with Gasteiger partial charge < -0.3 is 40.0 Å². The first-order valence-corrected chi connectivity index (χ1v) is 35.9. The third-order valence-electron chi connectivity index (χ3n) is 21.6. The smallest absolute Gasteiger partial charge is 0.317 e. The van der Waals surface area contributed by atoms with Gasteiger partial charge >= 0.3 is 17.9 Å². The van der Waals surface area contributed by atoms with Crippen molar-refractivity contribution in [3.05, 3.63) is 33.7 Å². The monoisotopic (exact) mass is 1280 g/mol. The zero-order valence-electron chi connectivity index (χ0n) is 61.2. The summed E-state index contributed by atoms with van der Waals surface area (Å²) in [6, 6.07) is 0. The Morgan fingerprint density at radius 1 is 0.633 bits per heavy atom. The van der Waals surface area contributed by atoms with Crippen molar-refractivity contribution < 1.29 is 48.4 Å². The van der Waals surface area contributed by atoms with Crippen LogP contribution in [-0.4, -0.2) is 87.2 Å². The molecule has 14 nitrogen and oxygen atoms in total. The number of amides is 2. The van der Waals surface area contributed by atoms with Crippen LogP contribution in [-0.2, 0) is 44.8 Å². The molecule has 0 aromatic carbocycles. The third kappa shape index (κ3) is 19.8. The van der Waals surface area contributed by atoms with Gasteiger partial charge in [-0.2, -0.15) is 0 Å². The van der Waals surface area contributed by atoms with E-state index in [1.807, 2.05) is 34.6 Å². The first-order valence-electron chi connectivity index (χ1n) is 34.9. The van der Waals surface area contributed by atoms with Gasteiger partial charge in [-0.15, -0.1) is 11.8 Å². The number of thioether (sulfide) groups is 1. The lowest BCUT2D eigenvalue weighted by Crippen LogP contribution is -2.49. The van der Waals surface area contributed by atoms with Gasteiger partial charge in [0.1, 0.15) is 16.9 Å². The maximum absolute atomic E-state index is 15.3. The van der Waals surface area contributed by atoms with E-state index in [4.69, 9.17) is 19.2 Å². The summed E-state index contributed by atoms with van der Waals surface area (Å²) in [6.07, 6.45) is 10.7. The lowest BCUT2D eigenvalue weighted by Gasteiger charge is -2.50. The van der Waals surface area contributed by atoms with Gasteiger partial charge in [0, 0.05) is 27.7 Å². The average molecular weight is 1280 g/mol. The Morgan fingerprint density at radius 2 is 1.08 bits per heavy atom. The molecule has 2 heterocycles. The molecule has 2 saturated carbocycles. The topological polar surface area (TPSA) is 206 Å². The number of carboxylic acids is 2. The predicted octanol–water partition coefficient (Wildman–Crippen LogP) is 18.5. The van der Waals surface area contributed by atoms with Gasteiger partial charge in [0.15, 0.2) is 0 Å². The number of hydrogen-bond acceptors (Lipinski definition) is 10. The molecule has 90 heavy (non-hydrogen) atoms. The number of ether oxygens (including phenoxy) is 3. The van der Waals surface area contributed by atoms with Crippen molar-refractivity contribution in [3.8, 4) is 0 Å². The number of carbonyl (C=O) groups is 5. The Labute approximate surface area is 550 Å². The highest BCUT2D eigenvalue weighted by molar-refractivity contribution is 8.00. The molecule has 4 rings (SSSR count). The summed E-state index contributed by atoms with van der Waals surface area (Å²) < 4.78 is 20.8. The fourth-order valence-electron chi connectivity index (χ4n) is 15.0. The van der Waals surface area contributed by atoms with E-state index in [-0.39, 0.29) is 107 Å². The van der Waals surface area contributed by atoms with Gasteiger partial charge in [-0.05, 0) is 189 Å². The Morgan fingerprint density at radius 3 is 1.48 bits per heavy atom. The number of carbonyl (C=O) groups excluding carboxylic acids is 3.